The van der Waals surface area contributed by atoms with E-state index in [1.807, 2.05) is 41.2 Å². The lowest BCUT2D eigenvalue weighted by atomic mass is 9.87. The fourth-order valence-corrected chi connectivity index (χ4v) is 3.61. The predicted octanol–water partition coefficient (Wildman–Crippen LogP) is 1.45. The molecule has 3 heterocycles. The lowest BCUT2D eigenvalue weighted by molar-refractivity contribution is 0.266. The number of benzene rings is 1. The molecule has 110 valence electrons. The third-order valence-electron chi connectivity index (χ3n) is 4.80. The average Bonchev–Trinajstić information content (AvgIpc) is 3.24. The molecule has 0 aliphatic carbocycles. The van der Waals surface area contributed by atoms with E-state index in [0.29, 0.717) is 5.41 Å². The van der Waals surface area contributed by atoms with E-state index in [2.05, 4.69) is 20.5 Å². The summed E-state index contributed by atoms with van der Waals surface area (Å²) in [6.45, 7) is 5.64. The SMILES string of the molecule is c1ccc(-n2cc(CN3CCC4(CCNC4)C3)nn2)cc1. The summed E-state index contributed by atoms with van der Waals surface area (Å²) in [6, 6.07) is 10.2. The monoisotopic (exact) mass is 283 g/mol. The fraction of sp³-hybridized carbons (Fsp3) is 0.500. The molecular formula is C16H21N5. The number of para-hydroxylation sites is 1. The van der Waals surface area contributed by atoms with E-state index >= 15 is 0 Å². The standard InChI is InChI=1S/C16H21N5/c1-2-4-15(5-3-1)21-11-14(18-19-21)10-20-9-7-16(13-20)6-8-17-12-16/h1-5,11,17H,6-10,12-13H2. The third kappa shape index (κ3) is 2.59. The highest BCUT2D eigenvalue weighted by molar-refractivity contribution is 5.29. The van der Waals surface area contributed by atoms with Crippen LogP contribution < -0.4 is 5.32 Å². The molecule has 2 aliphatic heterocycles. The van der Waals surface area contributed by atoms with Gasteiger partial charge >= 0.3 is 0 Å². The first kappa shape index (κ1) is 13.0. The summed E-state index contributed by atoms with van der Waals surface area (Å²) in [4.78, 5) is 2.52. The van der Waals surface area contributed by atoms with Gasteiger partial charge in [0.25, 0.3) is 0 Å². The van der Waals surface area contributed by atoms with Gasteiger partial charge in [-0.15, -0.1) is 5.10 Å². The number of nitrogens with zero attached hydrogens (tertiary/aromatic N) is 4. The number of hydrogen-bond acceptors (Lipinski definition) is 4. The highest BCUT2D eigenvalue weighted by Crippen LogP contribution is 2.36. The number of nitrogens with one attached hydrogen (secondary N) is 1. The maximum absolute atomic E-state index is 4.33. The molecule has 1 spiro atoms. The maximum Gasteiger partial charge on any atom is 0.0971 e. The van der Waals surface area contributed by atoms with Gasteiger partial charge in [0.1, 0.15) is 0 Å². The smallest absolute Gasteiger partial charge is 0.0971 e. The lowest BCUT2D eigenvalue weighted by Crippen LogP contribution is -2.29. The number of likely N-dealkylation sites (tertiary alicyclic amines) is 1. The summed E-state index contributed by atoms with van der Waals surface area (Å²) in [7, 11) is 0. The van der Waals surface area contributed by atoms with Crippen molar-refractivity contribution in [2.24, 2.45) is 5.41 Å². The van der Waals surface area contributed by atoms with Gasteiger partial charge in [0.05, 0.1) is 17.6 Å². The zero-order valence-corrected chi connectivity index (χ0v) is 12.2. The van der Waals surface area contributed by atoms with E-state index in [0.717, 1.165) is 17.9 Å². The van der Waals surface area contributed by atoms with Crippen molar-refractivity contribution in [3.63, 3.8) is 0 Å². The van der Waals surface area contributed by atoms with Crippen molar-refractivity contribution in [3.8, 4) is 5.69 Å². The van der Waals surface area contributed by atoms with Gasteiger partial charge in [0, 0.05) is 19.6 Å². The van der Waals surface area contributed by atoms with Crippen LogP contribution in [0.1, 0.15) is 18.5 Å². The van der Waals surface area contributed by atoms with Crippen molar-refractivity contribution in [1.29, 1.82) is 0 Å². The van der Waals surface area contributed by atoms with E-state index in [9.17, 15) is 0 Å². The molecule has 0 bridgehead atoms. The van der Waals surface area contributed by atoms with Crippen LogP contribution in [0.2, 0.25) is 0 Å². The maximum atomic E-state index is 4.33. The van der Waals surface area contributed by atoms with E-state index in [1.54, 1.807) is 0 Å². The van der Waals surface area contributed by atoms with Gasteiger partial charge in [-0.25, -0.2) is 4.68 Å². The van der Waals surface area contributed by atoms with Crippen LogP contribution in [-0.2, 0) is 6.54 Å². The Balaban J connectivity index is 1.43. The average molecular weight is 283 g/mol. The molecule has 1 unspecified atom stereocenters. The van der Waals surface area contributed by atoms with Crippen molar-refractivity contribution >= 4 is 0 Å². The van der Waals surface area contributed by atoms with Crippen molar-refractivity contribution in [2.45, 2.75) is 19.4 Å². The van der Waals surface area contributed by atoms with Crippen LogP contribution >= 0.6 is 0 Å². The Kier molecular flexibility index (Phi) is 3.24. The lowest BCUT2D eigenvalue weighted by Gasteiger charge is -2.22. The summed E-state index contributed by atoms with van der Waals surface area (Å²) >= 11 is 0. The molecule has 2 aromatic rings. The number of hydrogen-bond donors (Lipinski definition) is 1. The Bertz CT molecular complexity index is 600. The van der Waals surface area contributed by atoms with Crippen LogP contribution in [0.15, 0.2) is 36.5 Å². The quantitative estimate of drug-likeness (QED) is 0.926. The van der Waals surface area contributed by atoms with E-state index < -0.39 is 0 Å². The van der Waals surface area contributed by atoms with Gasteiger partial charge in [-0.05, 0) is 43.5 Å². The second-order valence-electron chi connectivity index (χ2n) is 6.38. The van der Waals surface area contributed by atoms with E-state index in [4.69, 9.17) is 0 Å². The van der Waals surface area contributed by atoms with Crippen LogP contribution in [0, 0.1) is 5.41 Å². The van der Waals surface area contributed by atoms with Crippen LogP contribution in [0.4, 0.5) is 0 Å². The van der Waals surface area contributed by atoms with Gasteiger partial charge < -0.3 is 5.32 Å². The topological polar surface area (TPSA) is 46.0 Å². The van der Waals surface area contributed by atoms with Gasteiger partial charge in [-0.1, -0.05) is 23.4 Å². The molecule has 5 nitrogen and oxygen atoms in total. The summed E-state index contributed by atoms with van der Waals surface area (Å²) in [6.07, 6.45) is 4.68. The Morgan fingerprint density at radius 1 is 1.19 bits per heavy atom. The van der Waals surface area contributed by atoms with Gasteiger partial charge in [-0.2, -0.15) is 0 Å². The summed E-state index contributed by atoms with van der Waals surface area (Å²) in [5, 5.41) is 12.1. The zero-order valence-electron chi connectivity index (χ0n) is 12.2. The van der Waals surface area contributed by atoms with Crippen LogP contribution in [-0.4, -0.2) is 46.1 Å². The molecule has 1 aromatic carbocycles. The molecule has 0 radical (unpaired) electrons. The van der Waals surface area contributed by atoms with Gasteiger partial charge in [0.2, 0.25) is 0 Å². The van der Waals surface area contributed by atoms with E-state index in [-0.39, 0.29) is 0 Å². The first-order valence-corrected chi connectivity index (χ1v) is 7.73. The third-order valence-corrected chi connectivity index (χ3v) is 4.80. The molecule has 1 aromatic heterocycles. The van der Waals surface area contributed by atoms with Crippen LogP contribution in [0.25, 0.3) is 5.69 Å². The molecule has 1 N–H and O–H groups in total. The first-order valence-electron chi connectivity index (χ1n) is 7.73. The van der Waals surface area contributed by atoms with E-state index in [1.165, 1.54) is 39.0 Å². The minimum atomic E-state index is 0.523. The molecule has 2 fully saturated rings. The van der Waals surface area contributed by atoms with Crippen LogP contribution in [0.5, 0.6) is 0 Å². The predicted molar refractivity (Wildman–Crippen MR) is 81.2 cm³/mol. The normalized spacial score (nSPS) is 25.9. The summed E-state index contributed by atoms with van der Waals surface area (Å²) in [5.74, 6) is 0. The number of rotatable bonds is 3. The highest BCUT2D eigenvalue weighted by Gasteiger charge is 2.40. The summed E-state index contributed by atoms with van der Waals surface area (Å²) in [5.41, 5.74) is 2.64. The molecule has 2 aliphatic rings. The Morgan fingerprint density at radius 3 is 2.90 bits per heavy atom. The second-order valence-corrected chi connectivity index (χ2v) is 6.38. The Morgan fingerprint density at radius 2 is 2.10 bits per heavy atom. The van der Waals surface area contributed by atoms with Crippen molar-refractivity contribution < 1.29 is 0 Å². The zero-order chi connectivity index (χ0) is 14.1. The van der Waals surface area contributed by atoms with Crippen LogP contribution in [0.3, 0.4) is 0 Å². The van der Waals surface area contributed by atoms with Crippen molar-refractivity contribution in [3.05, 3.63) is 42.2 Å². The highest BCUT2D eigenvalue weighted by atomic mass is 15.4. The minimum Gasteiger partial charge on any atom is -0.316 e. The molecule has 0 saturated carbocycles. The minimum absolute atomic E-state index is 0.523. The Labute approximate surface area is 125 Å². The molecule has 0 amide bonds. The molecule has 21 heavy (non-hydrogen) atoms. The Hall–Kier alpha value is -1.72. The molecule has 4 rings (SSSR count). The largest absolute Gasteiger partial charge is 0.316 e. The molecule has 1 atom stereocenters. The molecular weight excluding hydrogens is 262 g/mol. The number of aromatic nitrogens is 3. The van der Waals surface area contributed by atoms with Gasteiger partial charge in [0.15, 0.2) is 0 Å². The first-order chi connectivity index (χ1) is 10.3. The van der Waals surface area contributed by atoms with Crippen molar-refractivity contribution in [1.82, 2.24) is 25.2 Å². The van der Waals surface area contributed by atoms with Crippen molar-refractivity contribution in [2.75, 3.05) is 26.2 Å². The second kappa shape index (κ2) is 5.24. The van der Waals surface area contributed by atoms with Gasteiger partial charge in [-0.3, -0.25) is 4.90 Å². The summed E-state index contributed by atoms with van der Waals surface area (Å²) < 4.78 is 1.86. The molecule has 5 heteroatoms. The fourth-order valence-electron chi connectivity index (χ4n) is 3.61. The molecule has 2 saturated heterocycles.